The van der Waals surface area contributed by atoms with Crippen LogP contribution in [-0.2, 0) is 0 Å². The molecular formula is C16H15ClN6O2. The molecule has 8 nitrogen and oxygen atoms in total. The molecule has 1 aromatic heterocycles. The molecule has 0 radical (unpaired) electrons. The summed E-state index contributed by atoms with van der Waals surface area (Å²) in [5.41, 5.74) is 6.61. The van der Waals surface area contributed by atoms with Gasteiger partial charge in [0, 0.05) is 14.1 Å². The maximum absolute atomic E-state index is 9.51. The first-order valence-electron chi connectivity index (χ1n) is 7.38. The second-order valence-corrected chi connectivity index (χ2v) is 5.82. The van der Waals surface area contributed by atoms with E-state index in [4.69, 9.17) is 26.8 Å². The minimum Gasteiger partial charge on any atom is -0.486 e. The number of allylic oxidation sites excluding steroid dienone is 1. The Bertz CT molecular complexity index is 891. The maximum Gasteiger partial charge on any atom is 0.230 e. The van der Waals surface area contributed by atoms with Crippen molar-refractivity contribution in [2.24, 2.45) is 0 Å². The third-order valence-corrected chi connectivity index (χ3v) is 3.61. The van der Waals surface area contributed by atoms with E-state index in [1.54, 1.807) is 37.2 Å². The van der Waals surface area contributed by atoms with Crippen LogP contribution in [-0.4, -0.2) is 42.3 Å². The Morgan fingerprint density at radius 3 is 2.76 bits per heavy atom. The minimum atomic E-state index is 0.0371. The molecule has 0 saturated carbocycles. The molecule has 25 heavy (non-hydrogen) atoms. The molecule has 2 heterocycles. The molecule has 0 unspecified atom stereocenters. The summed E-state index contributed by atoms with van der Waals surface area (Å²) in [7, 11) is 3.55. The zero-order valence-electron chi connectivity index (χ0n) is 13.7. The van der Waals surface area contributed by atoms with Gasteiger partial charge in [-0.2, -0.15) is 20.2 Å². The Kier molecular flexibility index (Phi) is 4.59. The topological polar surface area (TPSA) is 110 Å². The molecule has 128 valence electrons. The van der Waals surface area contributed by atoms with Crippen molar-refractivity contribution >= 4 is 35.1 Å². The molecule has 2 aromatic rings. The molecule has 0 fully saturated rings. The number of hydrogen-bond donors (Lipinski definition) is 1. The van der Waals surface area contributed by atoms with Crippen molar-refractivity contribution in [1.82, 2.24) is 15.0 Å². The third-order valence-electron chi connectivity index (χ3n) is 3.33. The Labute approximate surface area is 149 Å². The summed E-state index contributed by atoms with van der Waals surface area (Å²) in [6, 6.07) is 5.51. The first kappa shape index (κ1) is 16.8. The van der Waals surface area contributed by atoms with E-state index in [9.17, 15) is 5.26 Å². The van der Waals surface area contributed by atoms with Crippen molar-refractivity contribution < 1.29 is 9.47 Å². The second-order valence-electron chi connectivity index (χ2n) is 5.41. The Balaban J connectivity index is 2.05. The standard InChI is InChI=1S/C16H15ClN6O2/c1-23(2)16-21-14(20-15(19)22-16)10(8-18)5-9-6-11(17)13-12(7-9)24-3-4-25-13/h5-7H,3-4H2,1-2H3,(H2,19,20,21,22). The van der Waals surface area contributed by atoms with Gasteiger partial charge in [0.05, 0.1) is 10.6 Å². The number of benzene rings is 1. The number of halogens is 1. The second kappa shape index (κ2) is 6.83. The van der Waals surface area contributed by atoms with E-state index < -0.39 is 0 Å². The predicted octanol–water partition coefficient (Wildman–Crippen LogP) is 2.01. The molecule has 0 amide bonds. The smallest absolute Gasteiger partial charge is 0.230 e. The van der Waals surface area contributed by atoms with Gasteiger partial charge in [0.15, 0.2) is 17.3 Å². The first-order chi connectivity index (χ1) is 12.0. The van der Waals surface area contributed by atoms with Crippen molar-refractivity contribution in [1.29, 1.82) is 5.26 Å². The number of nitrogens with zero attached hydrogens (tertiary/aromatic N) is 5. The molecule has 1 aliphatic rings. The molecule has 2 N–H and O–H groups in total. The van der Waals surface area contributed by atoms with Crippen LogP contribution in [0.2, 0.25) is 5.02 Å². The van der Waals surface area contributed by atoms with Gasteiger partial charge < -0.3 is 20.1 Å². The number of nitrogens with two attached hydrogens (primary N) is 1. The maximum atomic E-state index is 9.51. The summed E-state index contributed by atoms with van der Waals surface area (Å²) >= 11 is 6.23. The molecule has 0 atom stereocenters. The normalized spacial score (nSPS) is 13.3. The van der Waals surface area contributed by atoms with Gasteiger partial charge in [-0.1, -0.05) is 11.6 Å². The molecule has 9 heteroatoms. The van der Waals surface area contributed by atoms with Crippen molar-refractivity contribution in [3.63, 3.8) is 0 Å². The van der Waals surface area contributed by atoms with E-state index in [1.807, 2.05) is 0 Å². The largest absolute Gasteiger partial charge is 0.486 e. The van der Waals surface area contributed by atoms with Gasteiger partial charge in [-0.3, -0.25) is 0 Å². The van der Waals surface area contributed by atoms with Crippen LogP contribution in [0.3, 0.4) is 0 Å². The van der Waals surface area contributed by atoms with Gasteiger partial charge in [0.2, 0.25) is 11.9 Å². The molecule has 0 spiro atoms. The summed E-state index contributed by atoms with van der Waals surface area (Å²) in [4.78, 5) is 14.0. The third kappa shape index (κ3) is 3.56. The lowest BCUT2D eigenvalue weighted by Gasteiger charge is -2.19. The number of nitrogen functional groups attached to an aromatic ring is 1. The van der Waals surface area contributed by atoms with Gasteiger partial charge in [-0.05, 0) is 23.8 Å². The number of ether oxygens (including phenoxy) is 2. The summed E-state index contributed by atoms with van der Waals surface area (Å²) in [5, 5.41) is 9.91. The predicted molar refractivity (Wildman–Crippen MR) is 94.5 cm³/mol. The van der Waals surface area contributed by atoms with Crippen molar-refractivity contribution in [2.75, 3.05) is 37.9 Å². The van der Waals surface area contributed by atoms with Gasteiger partial charge in [-0.15, -0.1) is 0 Å². The van der Waals surface area contributed by atoms with E-state index in [0.717, 1.165) is 0 Å². The molecule has 1 aliphatic heterocycles. The van der Waals surface area contributed by atoms with E-state index >= 15 is 0 Å². The van der Waals surface area contributed by atoms with Gasteiger partial charge >= 0.3 is 0 Å². The van der Waals surface area contributed by atoms with Gasteiger partial charge in [0.1, 0.15) is 19.3 Å². The lowest BCUT2D eigenvalue weighted by atomic mass is 10.1. The van der Waals surface area contributed by atoms with Crippen LogP contribution in [0.4, 0.5) is 11.9 Å². The van der Waals surface area contributed by atoms with Crippen LogP contribution in [0.15, 0.2) is 12.1 Å². The molecular weight excluding hydrogens is 344 g/mol. The van der Waals surface area contributed by atoms with Crippen molar-refractivity contribution in [3.05, 3.63) is 28.5 Å². The number of anilines is 2. The highest BCUT2D eigenvalue weighted by molar-refractivity contribution is 6.32. The fourth-order valence-corrected chi connectivity index (χ4v) is 2.50. The fraction of sp³-hybridized carbons (Fsp3) is 0.250. The average Bonchev–Trinajstić information content (AvgIpc) is 2.59. The number of nitriles is 1. The van der Waals surface area contributed by atoms with Gasteiger partial charge in [0.25, 0.3) is 0 Å². The summed E-state index contributed by atoms with van der Waals surface area (Å²) < 4.78 is 11.0. The highest BCUT2D eigenvalue weighted by Gasteiger charge is 2.17. The lowest BCUT2D eigenvalue weighted by Crippen LogP contribution is -2.16. The number of rotatable bonds is 3. The Morgan fingerprint density at radius 2 is 2.04 bits per heavy atom. The highest BCUT2D eigenvalue weighted by atomic mass is 35.5. The molecule has 3 rings (SSSR count). The van der Waals surface area contributed by atoms with Crippen molar-refractivity contribution in [2.45, 2.75) is 0 Å². The monoisotopic (exact) mass is 358 g/mol. The van der Waals surface area contributed by atoms with E-state index in [0.29, 0.717) is 41.2 Å². The molecule has 0 saturated heterocycles. The van der Waals surface area contributed by atoms with E-state index in [1.165, 1.54) is 0 Å². The minimum absolute atomic E-state index is 0.0371. The average molecular weight is 359 g/mol. The summed E-state index contributed by atoms with van der Waals surface area (Å²) in [5.74, 6) is 1.62. The Hall–Kier alpha value is -3.05. The zero-order valence-corrected chi connectivity index (χ0v) is 14.4. The molecule has 0 aliphatic carbocycles. The molecule has 0 bridgehead atoms. The van der Waals surface area contributed by atoms with Crippen LogP contribution >= 0.6 is 11.6 Å². The zero-order chi connectivity index (χ0) is 18.0. The summed E-state index contributed by atoms with van der Waals surface area (Å²) in [6.45, 7) is 0.889. The van der Waals surface area contributed by atoms with Crippen molar-refractivity contribution in [3.8, 4) is 17.6 Å². The van der Waals surface area contributed by atoms with Crippen LogP contribution in [0.1, 0.15) is 11.4 Å². The van der Waals surface area contributed by atoms with E-state index in [2.05, 4.69) is 21.0 Å². The van der Waals surface area contributed by atoms with Gasteiger partial charge in [-0.25, -0.2) is 0 Å². The van der Waals surface area contributed by atoms with Crippen LogP contribution < -0.4 is 20.1 Å². The SMILES string of the molecule is CN(C)c1nc(N)nc(C(C#N)=Cc2cc(Cl)c3c(c2)OCCO3)n1. The van der Waals surface area contributed by atoms with Crippen LogP contribution in [0.5, 0.6) is 11.5 Å². The number of aromatic nitrogens is 3. The van der Waals surface area contributed by atoms with Crippen LogP contribution in [0, 0.1) is 11.3 Å². The quantitative estimate of drug-likeness (QED) is 0.829. The first-order valence-corrected chi connectivity index (χ1v) is 7.76. The Morgan fingerprint density at radius 1 is 1.28 bits per heavy atom. The summed E-state index contributed by atoms with van der Waals surface area (Å²) in [6.07, 6.45) is 1.61. The molecule has 1 aromatic carbocycles. The van der Waals surface area contributed by atoms with E-state index in [-0.39, 0.29) is 17.3 Å². The number of fused-ring (bicyclic) bond motifs is 1. The fourth-order valence-electron chi connectivity index (χ4n) is 2.23. The van der Waals surface area contributed by atoms with Crippen LogP contribution in [0.25, 0.3) is 11.6 Å². The highest BCUT2D eigenvalue weighted by Crippen LogP contribution is 2.39. The lowest BCUT2D eigenvalue weighted by molar-refractivity contribution is 0.171. The number of hydrogen-bond acceptors (Lipinski definition) is 8.